The first-order valence-corrected chi connectivity index (χ1v) is 6.96. The number of ether oxygens (including phenoxy) is 1. The lowest BCUT2D eigenvalue weighted by Crippen LogP contribution is -2.38. The molecule has 1 atom stereocenters. The zero-order chi connectivity index (χ0) is 11.5. The molecule has 15 heavy (non-hydrogen) atoms. The molecule has 0 aromatic heterocycles. The molecule has 0 aliphatic heterocycles. The van der Waals surface area contributed by atoms with Crippen LogP contribution in [-0.2, 0) is 15.5 Å². The predicted octanol–water partition coefficient (Wildman–Crippen LogP) is 0.256. The standard InChI is InChI=1S/C9H20N2O2S2/c1-3-15(12)8-6-11-9(14)10-5-4-7-13-2/h3-8H2,1-2H3,(H2,10,11,14). The van der Waals surface area contributed by atoms with Crippen LogP contribution in [0.1, 0.15) is 13.3 Å². The molecule has 0 heterocycles. The third kappa shape index (κ3) is 10.1. The van der Waals surface area contributed by atoms with E-state index in [9.17, 15) is 4.21 Å². The first kappa shape index (κ1) is 14.8. The smallest absolute Gasteiger partial charge is 0.166 e. The molecule has 0 spiro atoms. The average Bonchev–Trinajstić information content (AvgIpc) is 2.24. The fourth-order valence-electron chi connectivity index (χ4n) is 0.904. The summed E-state index contributed by atoms with van der Waals surface area (Å²) in [6.45, 7) is 4.11. The van der Waals surface area contributed by atoms with Crippen LogP contribution in [0.2, 0.25) is 0 Å². The molecular formula is C9H20N2O2S2. The maximum Gasteiger partial charge on any atom is 0.166 e. The molecule has 0 saturated carbocycles. The fraction of sp³-hybridized carbons (Fsp3) is 0.889. The Hall–Kier alpha value is -0.200. The van der Waals surface area contributed by atoms with Crippen molar-refractivity contribution >= 4 is 28.1 Å². The van der Waals surface area contributed by atoms with Gasteiger partial charge in [-0.1, -0.05) is 6.92 Å². The average molecular weight is 252 g/mol. The molecule has 0 rings (SSSR count). The molecule has 0 aliphatic rings. The third-order valence-corrected chi connectivity index (χ3v) is 3.34. The van der Waals surface area contributed by atoms with Gasteiger partial charge in [-0.2, -0.15) is 0 Å². The predicted molar refractivity (Wildman–Crippen MR) is 68.6 cm³/mol. The van der Waals surface area contributed by atoms with Crippen LogP contribution in [0, 0.1) is 0 Å². The number of thiocarbonyl (C=S) groups is 1. The highest BCUT2D eigenvalue weighted by Crippen LogP contribution is 1.80. The van der Waals surface area contributed by atoms with Crippen LogP contribution >= 0.6 is 12.2 Å². The van der Waals surface area contributed by atoms with E-state index in [1.807, 2.05) is 6.92 Å². The normalized spacial score (nSPS) is 12.1. The van der Waals surface area contributed by atoms with E-state index in [1.54, 1.807) is 7.11 Å². The Morgan fingerprint density at radius 1 is 1.40 bits per heavy atom. The van der Waals surface area contributed by atoms with Gasteiger partial charge in [0.25, 0.3) is 0 Å². The first-order chi connectivity index (χ1) is 7.20. The zero-order valence-electron chi connectivity index (χ0n) is 9.38. The number of nitrogens with one attached hydrogen (secondary N) is 2. The molecule has 6 heteroatoms. The second-order valence-corrected chi connectivity index (χ2v) is 5.24. The van der Waals surface area contributed by atoms with Crippen molar-refractivity contribution in [1.82, 2.24) is 10.6 Å². The molecule has 2 N–H and O–H groups in total. The Bertz CT molecular complexity index is 201. The monoisotopic (exact) mass is 252 g/mol. The summed E-state index contributed by atoms with van der Waals surface area (Å²) < 4.78 is 16.0. The molecule has 90 valence electrons. The Morgan fingerprint density at radius 2 is 2.07 bits per heavy atom. The number of methoxy groups -OCH3 is 1. The number of hydrogen-bond acceptors (Lipinski definition) is 3. The van der Waals surface area contributed by atoms with E-state index in [4.69, 9.17) is 17.0 Å². The highest BCUT2D eigenvalue weighted by molar-refractivity contribution is 7.84. The van der Waals surface area contributed by atoms with Gasteiger partial charge in [0.1, 0.15) is 0 Å². The van der Waals surface area contributed by atoms with E-state index >= 15 is 0 Å². The van der Waals surface area contributed by atoms with Gasteiger partial charge in [-0.25, -0.2) is 0 Å². The van der Waals surface area contributed by atoms with Gasteiger partial charge >= 0.3 is 0 Å². The maximum absolute atomic E-state index is 11.1. The highest BCUT2D eigenvalue weighted by atomic mass is 32.2. The summed E-state index contributed by atoms with van der Waals surface area (Å²) in [6, 6.07) is 0. The van der Waals surface area contributed by atoms with Crippen molar-refractivity contribution < 1.29 is 8.95 Å². The quantitative estimate of drug-likeness (QED) is 0.479. The molecule has 1 unspecified atom stereocenters. The van der Waals surface area contributed by atoms with Crippen molar-refractivity contribution in [2.75, 3.05) is 38.3 Å². The van der Waals surface area contributed by atoms with Gasteiger partial charge in [-0.05, 0) is 18.6 Å². The van der Waals surface area contributed by atoms with E-state index < -0.39 is 10.8 Å². The minimum absolute atomic E-state index is 0.624. The Balaban J connectivity index is 3.29. The lowest BCUT2D eigenvalue weighted by Gasteiger charge is -2.09. The lowest BCUT2D eigenvalue weighted by atomic mass is 10.4. The van der Waals surface area contributed by atoms with Gasteiger partial charge in [0, 0.05) is 49.1 Å². The molecule has 0 saturated heterocycles. The highest BCUT2D eigenvalue weighted by Gasteiger charge is 1.97. The molecular weight excluding hydrogens is 232 g/mol. The van der Waals surface area contributed by atoms with Crippen LogP contribution < -0.4 is 10.6 Å². The van der Waals surface area contributed by atoms with Gasteiger partial charge < -0.3 is 15.4 Å². The van der Waals surface area contributed by atoms with Crippen molar-refractivity contribution in [2.24, 2.45) is 0 Å². The van der Waals surface area contributed by atoms with Gasteiger partial charge in [-0.15, -0.1) is 0 Å². The molecule has 0 radical (unpaired) electrons. The Kier molecular flexibility index (Phi) is 10.2. The van der Waals surface area contributed by atoms with Crippen LogP contribution in [0.4, 0.5) is 0 Å². The zero-order valence-corrected chi connectivity index (χ0v) is 11.0. The van der Waals surface area contributed by atoms with E-state index in [0.29, 0.717) is 23.2 Å². The van der Waals surface area contributed by atoms with Crippen molar-refractivity contribution in [3.63, 3.8) is 0 Å². The summed E-state index contributed by atoms with van der Waals surface area (Å²) in [5.41, 5.74) is 0. The molecule has 0 bridgehead atoms. The summed E-state index contributed by atoms with van der Waals surface area (Å²) in [6.07, 6.45) is 0.930. The maximum atomic E-state index is 11.1. The Morgan fingerprint density at radius 3 is 2.67 bits per heavy atom. The topological polar surface area (TPSA) is 50.4 Å². The van der Waals surface area contributed by atoms with Crippen LogP contribution in [0.3, 0.4) is 0 Å². The largest absolute Gasteiger partial charge is 0.385 e. The fourth-order valence-corrected chi connectivity index (χ4v) is 1.73. The van der Waals surface area contributed by atoms with Gasteiger partial charge in [0.05, 0.1) is 0 Å². The van der Waals surface area contributed by atoms with E-state index in [1.165, 1.54) is 0 Å². The van der Waals surface area contributed by atoms with Crippen LogP contribution in [0.15, 0.2) is 0 Å². The summed E-state index contributed by atoms with van der Waals surface area (Å²) in [5.74, 6) is 1.35. The molecule has 0 fully saturated rings. The summed E-state index contributed by atoms with van der Waals surface area (Å²) in [4.78, 5) is 0. The van der Waals surface area contributed by atoms with Crippen LogP contribution in [0.5, 0.6) is 0 Å². The first-order valence-electron chi connectivity index (χ1n) is 5.06. The van der Waals surface area contributed by atoms with Gasteiger partial charge in [0.2, 0.25) is 0 Å². The van der Waals surface area contributed by atoms with Gasteiger partial charge in [0.15, 0.2) is 5.11 Å². The van der Waals surface area contributed by atoms with Crippen molar-refractivity contribution in [3.05, 3.63) is 0 Å². The second-order valence-electron chi connectivity index (χ2n) is 2.96. The van der Waals surface area contributed by atoms with Crippen LogP contribution in [0.25, 0.3) is 0 Å². The minimum atomic E-state index is -0.722. The van der Waals surface area contributed by atoms with Crippen LogP contribution in [-0.4, -0.2) is 47.6 Å². The summed E-state index contributed by atoms with van der Waals surface area (Å²) in [5, 5.41) is 6.69. The molecule has 4 nitrogen and oxygen atoms in total. The van der Waals surface area contributed by atoms with E-state index in [0.717, 1.165) is 19.6 Å². The van der Waals surface area contributed by atoms with E-state index in [2.05, 4.69) is 10.6 Å². The van der Waals surface area contributed by atoms with E-state index in [-0.39, 0.29) is 0 Å². The second kappa shape index (κ2) is 10.3. The number of hydrogen-bond donors (Lipinski definition) is 2. The Labute approximate surface area is 99.6 Å². The van der Waals surface area contributed by atoms with Crippen molar-refractivity contribution in [2.45, 2.75) is 13.3 Å². The lowest BCUT2D eigenvalue weighted by molar-refractivity contribution is 0.195. The minimum Gasteiger partial charge on any atom is -0.385 e. The SMILES string of the molecule is CCS(=O)CCNC(=S)NCCCOC. The molecule has 0 aromatic carbocycles. The molecule has 0 aliphatic carbocycles. The molecule has 0 aromatic rings. The number of rotatable bonds is 8. The van der Waals surface area contributed by atoms with Crippen molar-refractivity contribution in [3.8, 4) is 0 Å². The van der Waals surface area contributed by atoms with Crippen molar-refractivity contribution in [1.29, 1.82) is 0 Å². The third-order valence-electron chi connectivity index (χ3n) is 1.75. The summed E-state index contributed by atoms with van der Waals surface area (Å²) >= 11 is 5.03. The van der Waals surface area contributed by atoms with Gasteiger partial charge in [-0.3, -0.25) is 4.21 Å². The summed E-state index contributed by atoms with van der Waals surface area (Å²) in [7, 11) is 0.955. The molecule has 0 amide bonds.